The number of carbonyl (C=O) groups excluding carboxylic acids is 1. The van der Waals surface area contributed by atoms with Gasteiger partial charge in [-0.25, -0.2) is 4.79 Å². The number of nitrogens with one attached hydrogen (secondary N) is 1. The number of hydrogen-bond acceptors (Lipinski definition) is 7. The van der Waals surface area contributed by atoms with Crippen LogP contribution in [0.3, 0.4) is 0 Å². The van der Waals surface area contributed by atoms with E-state index in [-0.39, 0.29) is 5.92 Å². The second-order valence-corrected chi connectivity index (χ2v) is 9.71. The lowest BCUT2D eigenvalue weighted by Crippen LogP contribution is -2.46. The number of ether oxygens (including phenoxy) is 1. The monoisotopic (exact) mass is 506 g/mol. The zero-order valence-corrected chi connectivity index (χ0v) is 21.8. The van der Waals surface area contributed by atoms with Crippen LogP contribution in [-0.4, -0.2) is 35.0 Å². The molecule has 0 saturated heterocycles. The van der Waals surface area contributed by atoms with E-state index in [4.69, 9.17) is 21.0 Å². The van der Waals surface area contributed by atoms with Crippen molar-refractivity contribution in [3.63, 3.8) is 0 Å². The molecular weight excluding hydrogens is 468 g/mol. The van der Waals surface area contributed by atoms with Crippen LogP contribution in [0, 0.1) is 5.92 Å². The minimum Gasteiger partial charge on any atom is -0.489 e. The molecule has 198 valence electrons. The SMILES string of the molecule is CC(C)CN(Cc1ccc(N)cc1)OC(=O)NC(Cc1ccc(OCc2ccc(N)cc2)cc1)C(C)O. The van der Waals surface area contributed by atoms with Crippen LogP contribution in [0.2, 0.25) is 0 Å². The van der Waals surface area contributed by atoms with Gasteiger partial charge < -0.3 is 31.5 Å². The van der Waals surface area contributed by atoms with Crippen molar-refractivity contribution in [3.05, 3.63) is 89.5 Å². The zero-order valence-electron chi connectivity index (χ0n) is 21.8. The first-order valence-electron chi connectivity index (χ1n) is 12.5. The number of rotatable bonds is 12. The molecule has 2 atom stereocenters. The molecular formula is C29H38N4O4. The lowest BCUT2D eigenvalue weighted by molar-refractivity contribution is -0.116. The van der Waals surface area contributed by atoms with Gasteiger partial charge in [0.25, 0.3) is 0 Å². The van der Waals surface area contributed by atoms with E-state index in [9.17, 15) is 9.90 Å². The maximum atomic E-state index is 12.7. The van der Waals surface area contributed by atoms with Gasteiger partial charge >= 0.3 is 6.09 Å². The van der Waals surface area contributed by atoms with E-state index < -0.39 is 18.2 Å². The topological polar surface area (TPSA) is 123 Å². The molecule has 0 aliphatic carbocycles. The second kappa shape index (κ2) is 13.5. The standard InChI is InChI=1S/C29H38N4O4/c1-20(2)17-33(18-23-4-10-25(30)11-5-23)37-29(35)32-28(21(3)34)16-22-8-14-27(15-9-22)36-19-24-6-12-26(31)13-7-24/h4-15,20-21,28,34H,16-19,30-31H2,1-3H3,(H,32,35). The molecule has 8 heteroatoms. The number of nitrogens with two attached hydrogens (primary N) is 2. The van der Waals surface area contributed by atoms with Gasteiger partial charge in [0.05, 0.1) is 18.7 Å². The van der Waals surface area contributed by atoms with Gasteiger partial charge in [-0.15, -0.1) is 5.06 Å². The van der Waals surface area contributed by atoms with Crippen molar-refractivity contribution in [2.75, 3.05) is 18.0 Å². The van der Waals surface area contributed by atoms with Crippen LogP contribution in [0.5, 0.6) is 5.75 Å². The molecule has 37 heavy (non-hydrogen) atoms. The van der Waals surface area contributed by atoms with Gasteiger partial charge in [-0.05, 0) is 72.4 Å². The van der Waals surface area contributed by atoms with Crippen LogP contribution in [0.4, 0.5) is 16.2 Å². The first kappa shape index (κ1) is 27.8. The molecule has 0 bridgehead atoms. The second-order valence-electron chi connectivity index (χ2n) is 9.71. The minimum absolute atomic E-state index is 0.287. The lowest BCUT2D eigenvalue weighted by Gasteiger charge is -2.26. The summed E-state index contributed by atoms with van der Waals surface area (Å²) in [6.45, 7) is 7.19. The summed E-state index contributed by atoms with van der Waals surface area (Å²) in [6, 6.07) is 22.1. The normalized spacial score (nSPS) is 12.8. The highest BCUT2D eigenvalue weighted by molar-refractivity contribution is 5.67. The van der Waals surface area contributed by atoms with Crippen molar-refractivity contribution in [2.24, 2.45) is 5.92 Å². The summed E-state index contributed by atoms with van der Waals surface area (Å²) in [5.41, 5.74) is 15.8. The van der Waals surface area contributed by atoms with Gasteiger partial charge in [0.2, 0.25) is 0 Å². The highest BCUT2D eigenvalue weighted by Gasteiger charge is 2.22. The molecule has 0 heterocycles. The first-order chi connectivity index (χ1) is 17.7. The average molecular weight is 507 g/mol. The summed E-state index contributed by atoms with van der Waals surface area (Å²) in [4.78, 5) is 18.4. The van der Waals surface area contributed by atoms with Crippen LogP contribution in [0.15, 0.2) is 72.8 Å². The van der Waals surface area contributed by atoms with Crippen LogP contribution >= 0.6 is 0 Å². The van der Waals surface area contributed by atoms with Crippen molar-refractivity contribution in [1.29, 1.82) is 0 Å². The molecule has 0 aromatic heterocycles. The molecule has 3 aromatic carbocycles. The van der Waals surface area contributed by atoms with Gasteiger partial charge in [0.15, 0.2) is 0 Å². The third-order valence-corrected chi connectivity index (χ3v) is 5.77. The summed E-state index contributed by atoms with van der Waals surface area (Å²) in [5, 5.41) is 14.8. The van der Waals surface area contributed by atoms with E-state index in [1.165, 1.54) is 0 Å². The van der Waals surface area contributed by atoms with E-state index in [0.29, 0.717) is 37.5 Å². The Bertz CT molecular complexity index is 1100. The van der Waals surface area contributed by atoms with E-state index >= 15 is 0 Å². The summed E-state index contributed by atoms with van der Waals surface area (Å²) in [6.07, 6.45) is -0.942. The van der Waals surface area contributed by atoms with Crippen LogP contribution < -0.4 is 21.5 Å². The Kier molecular flexibility index (Phi) is 10.2. The Morgan fingerprint density at radius 3 is 1.95 bits per heavy atom. The van der Waals surface area contributed by atoms with E-state index in [0.717, 1.165) is 22.4 Å². The Balaban J connectivity index is 1.55. The summed E-state index contributed by atoms with van der Waals surface area (Å²) in [5.74, 6) is 1.02. The number of aliphatic hydroxyl groups is 1. The third-order valence-electron chi connectivity index (χ3n) is 5.77. The molecule has 0 saturated carbocycles. The molecule has 1 amide bonds. The smallest absolute Gasteiger partial charge is 0.426 e. The summed E-state index contributed by atoms with van der Waals surface area (Å²) in [7, 11) is 0. The fourth-order valence-electron chi connectivity index (χ4n) is 3.76. The number of aliphatic hydroxyl groups excluding tert-OH is 1. The van der Waals surface area contributed by atoms with Crippen LogP contribution in [0.1, 0.15) is 37.5 Å². The Morgan fingerprint density at radius 2 is 1.41 bits per heavy atom. The van der Waals surface area contributed by atoms with Crippen LogP contribution in [-0.2, 0) is 24.4 Å². The Hall–Kier alpha value is -3.75. The Morgan fingerprint density at radius 1 is 0.865 bits per heavy atom. The molecule has 0 aliphatic heterocycles. The molecule has 6 N–H and O–H groups in total. The number of hydrogen-bond donors (Lipinski definition) is 4. The van der Waals surface area contributed by atoms with Gasteiger partial charge in [0.1, 0.15) is 12.4 Å². The number of hydroxylamine groups is 2. The molecule has 0 spiro atoms. The molecule has 0 radical (unpaired) electrons. The zero-order chi connectivity index (χ0) is 26.8. The van der Waals surface area contributed by atoms with Crippen molar-refractivity contribution >= 4 is 17.5 Å². The van der Waals surface area contributed by atoms with E-state index in [1.807, 2.05) is 72.8 Å². The maximum Gasteiger partial charge on any atom is 0.426 e. The molecule has 0 aliphatic rings. The van der Waals surface area contributed by atoms with E-state index in [2.05, 4.69) is 19.2 Å². The number of nitrogens with zero attached hydrogens (tertiary/aromatic N) is 1. The van der Waals surface area contributed by atoms with Crippen molar-refractivity contribution in [1.82, 2.24) is 10.4 Å². The average Bonchev–Trinajstić information content (AvgIpc) is 2.85. The quantitative estimate of drug-likeness (QED) is 0.210. The molecule has 2 unspecified atom stereocenters. The summed E-state index contributed by atoms with van der Waals surface area (Å²) < 4.78 is 5.84. The predicted molar refractivity (Wildman–Crippen MR) is 147 cm³/mol. The molecule has 0 fully saturated rings. The number of carbonyl (C=O) groups is 1. The number of nitrogen functional groups attached to an aromatic ring is 2. The number of anilines is 2. The number of amides is 1. The maximum absolute atomic E-state index is 12.7. The fourth-order valence-corrected chi connectivity index (χ4v) is 3.76. The number of benzene rings is 3. The molecule has 3 aromatic rings. The molecule has 8 nitrogen and oxygen atoms in total. The highest BCUT2D eigenvalue weighted by Crippen LogP contribution is 2.17. The van der Waals surface area contributed by atoms with Gasteiger partial charge in [0, 0.05) is 17.9 Å². The first-order valence-corrected chi connectivity index (χ1v) is 12.5. The van der Waals surface area contributed by atoms with Gasteiger partial charge in [-0.3, -0.25) is 0 Å². The largest absolute Gasteiger partial charge is 0.489 e. The van der Waals surface area contributed by atoms with Gasteiger partial charge in [-0.2, -0.15) is 0 Å². The minimum atomic E-state index is -0.773. The van der Waals surface area contributed by atoms with Gasteiger partial charge in [-0.1, -0.05) is 50.2 Å². The fraction of sp³-hybridized carbons (Fsp3) is 0.345. The van der Waals surface area contributed by atoms with Crippen molar-refractivity contribution < 1.29 is 19.5 Å². The predicted octanol–water partition coefficient (Wildman–Crippen LogP) is 4.52. The van der Waals surface area contributed by atoms with Crippen molar-refractivity contribution in [2.45, 2.75) is 52.5 Å². The van der Waals surface area contributed by atoms with Crippen LogP contribution in [0.25, 0.3) is 0 Å². The highest BCUT2D eigenvalue weighted by atomic mass is 16.7. The Labute approximate surface area is 219 Å². The van der Waals surface area contributed by atoms with Crippen molar-refractivity contribution in [3.8, 4) is 5.75 Å². The summed E-state index contributed by atoms with van der Waals surface area (Å²) >= 11 is 0. The third kappa shape index (κ3) is 9.67. The molecule has 3 rings (SSSR count). The lowest BCUT2D eigenvalue weighted by atomic mass is 10.0. The van der Waals surface area contributed by atoms with E-state index in [1.54, 1.807) is 12.0 Å².